The smallest absolute Gasteiger partial charge is 0.0630 e. The van der Waals surface area contributed by atoms with Gasteiger partial charge in [0.1, 0.15) is 0 Å². The fourth-order valence-corrected chi connectivity index (χ4v) is 2.46. The summed E-state index contributed by atoms with van der Waals surface area (Å²) in [4.78, 5) is 0. The molecule has 0 heterocycles. The molecule has 0 saturated carbocycles. The summed E-state index contributed by atoms with van der Waals surface area (Å²) in [6.07, 6.45) is 2.50. The third kappa shape index (κ3) is 11.7. The van der Waals surface area contributed by atoms with E-state index < -0.39 is 0 Å². The lowest BCUT2D eigenvalue weighted by atomic mass is 10.5. The lowest BCUT2D eigenvalue weighted by molar-refractivity contribution is 1.11. The zero-order valence-electron chi connectivity index (χ0n) is 7.66. The SMILES string of the molecule is N#CCCSCCCSCCC#N. The first-order valence-electron chi connectivity index (χ1n) is 4.31. The Morgan fingerprint density at radius 3 is 1.62 bits per heavy atom. The Balaban J connectivity index is 2.85. The Morgan fingerprint density at radius 2 is 1.23 bits per heavy atom. The molecule has 0 amide bonds. The highest BCUT2D eigenvalue weighted by Crippen LogP contribution is 2.09. The number of nitriles is 2. The van der Waals surface area contributed by atoms with Gasteiger partial charge < -0.3 is 0 Å². The summed E-state index contributed by atoms with van der Waals surface area (Å²) < 4.78 is 0. The van der Waals surface area contributed by atoms with Crippen LogP contribution in [0, 0.1) is 22.7 Å². The van der Waals surface area contributed by atoms with Crippen molar-refractivity contribution in [3.8, 4) is 12.1 Å². The van der Waals surface area contributed by atoms with Gasteiger partial charge in [0, 0.05) is 24.3 Å². The van der Waals surface area contributed by atoms with Gasteiger partial charge in [-0.05, 0) is 17.9 Å². The second kappa shape index (κ2) is 11.7. The molecule has 0 spiro atoms. The number of rotatable bonds is 8. The quantitative estimate of drug-likeness (QED) is 0.583. The van der Waals surface area contributed by atoms with Crippen LogP contribution < -0.4 is 0 Å². The number of thioether (sulfide) groups is 2. The maximum atomic E-state index is 8.27. The van der Waals surface area contributed by atoms with E-state index in [0.717, 1.165) is 23.0 Å². The second-order valence-corrected chi connectivity index (χ2v) is 4.84. The molecule has 0 aliphatic heterocycles. The topological polar surface area (TPSA) is 47.6 Å². The zero-order chi connectivity index (χ0) is 9.78. The number of hydrogen-bond acceptors (Lipinski definition) is 4. The Hall–Kier alpha value is -0.320. The minimum absolute atomic E-state index is 0.659. The Morgan fingerprint density at radius 1 is 0.769 bits per heavy atom. The lowest BCUT2D eigenvalue weighted by Gasteiger charge is -1.98. The van der Waals surface area contributed by atoms with Crippen LogP contribution in [0.2, 0.25) is 0 Å². The number of hydrogen-bond donors (Lipinski definition) is 0. The van der Waals surface area contributed by atoms with Crippen molar-refractivity contribution in [2.75, 3.05) is 23.0 Å². The summed E-state index contributed by atoms with van der Waals surface area (Å²) in [5.41, 5.74) is 0. The average Bonchev–Trinajstić information content (AvgIpc) is 2.16. The highest BCUT2D eigenvalue weighted by atomic mass is 32.2. The lowest BCUT2D eigenvalue weighted by Crippen LogP contribution is -1.87. The maximum Gasteiger partial charge on any atom is 0.0630 e. The summed E-state index contributed by atoms with van der Waals surface area (Å²) in [5, 5.41) is 16.5. The summed E-state index contributed by atoms with van der Waals surface area (Å²) in [7, 11) is 0. The third-order valence-electron chi connectivity index (χ3n) is 1.29. The minimum atomic E-state index is 0.659. The van der Waals surface area contributed by atoms with Crippen molar-refractivity contribution in [3.63, 3.8) is 0 Å². The first-order valence-corrected chi connectivity index (χ1v) is 6.62. The van der Waals surface area contributed by atoms with Crippen molar-refractivity contribution in [1.82, 2.24) is 0 Å². The molecular formula is C9H14N2S2. The largest absolute Gasteiger partial charge is 0.198 e. The van der Waals surface area contributed by atoms with Crippen LogP contribution >= 0.6 is 23.5 Å². The molecule has 2 nitrogen and oxygen atoms in total. The molecule has 0 rings (SSSR count). The molecule has 13 heavy (non-hydrogen) atoms. The monoisotopic (exact) mass is 214 g/mol. The van der Waals surface area contributed by atoms with Crippen LogP contribution in [0.1, 0.15) is 19.3 Å². The Bertz CT molecular complexity index is 161. The van der Waals surface area contributed by atoms with Crippen molar-refractivity contribution in [2.24, 2.45) is 0 Å². The first kappa shape index (κ1) is 12.7. The van der Waals surface area contributed by atoms with E-state index in [1.807, 2.05) is 23.5 Å². The molecular weight excluding hydrogens is 200 g/mol. The van der Waals surface area contributed by atoms with Crippen LogP contribution in [-0.4, -0.2) is 23.0 Å². The molecule has 0 aromatic rings. The van der Waals surface area contributed by atoms with E-state index in [2.05, 4.69) is 12.1 Å². The summed E-state index contributed by atoms with van der Waals surface area (Å²) in [6.45, 7) is 0. The summed E-state index contributed by atoms with van der Waals surface area (Å²) in [6, 6.07) is 4.25. The van der Waals surface area contributed by atoms with Gasteiger partial charge in [0.2, 0.25) is 0 Å². The van der Waals surface area contributed by atoms with Crippen LogP contribution in [-0.2, 0) is 0 Å². The molecule has 0 fully saturated rings. The highest BCUT2D eigenvalue weighted by Gasteiger charge is 1.91. The molecule has 0 saturated heterocycles. The van der Waals surface area contributed by atoms with Gasteiger partial charge in [-0.2, -0.15) is 34.0 Å². The fourth-order valence-electron chi connectivity index (χ4n) is 0.703. The van der Waals surface area contributed by atoms with Crippen LogP contribution in [0.15, 0.2) is 0 Å². The molecule has 4 heteroatoms. The first-order chi connectivity index (χ1) is 6.41. The van der Waals surface area contributed by atoms with Crippen molar-refractivity contribution in [2.45, 2.75) is 19.3 Å². The van der Waals surface area contributed by atoms with Gasteiger partial charge in [-0.3, -0.25) is 0 Å². The van der Waals surface area contributed by atoms with E-state index in [1.165, 1.54) is 6.42 Å². The average molecular weight is 214 g/mol. The van der Waals surface area contributed by atoms with Crippen LogP contribution in [0.25, 0.3) is 0 Å². The zero-order valence-corrected chi connectivity index (χ0v) is 9.29. The van der Waals surface area contributed by atoms with E-state index in [0.29, 0.717) is 12.8 Å². The molecule has 72 valence electrons. The summed E-state index contributed by atoms with van der Waals surface area (Å²) >= 11 is 3.68. The molecule has 0 atom stereocenters. The van der Waals surface area contributed by atoms with Gasteiger partial charge in [0.05, 0.1) is 12.1 Å². The standard InChI is InChI=1S/C9H14N2S2/c10-4-1-6-12-8-3-9-13-7-2-5-11/h1-3,6-9H2. The van der Waals surface area contributed by atoms with Gasteiger partial charge in [0.25, 0.3) is 0 Å². The van der Waals surface area contributed by atoms with Crippen molar-refractivity contribution in [1.29, 1.82) is 10.5 Å². The van der Waals surface area contributed by atoms with Gasteiger partial charge in [0.15, 0.2) is 0 Å². The maximum absolute atomic E-state index is 8.27. The van der Waals surface area contributed by atoms with Gasteiger partial charge >= 0.3 is 0 Å². The van der Waals surface area contributed by atoms with E-state index in [9.17, 15) is 0 Å². The molecule has 0 radical (unpaired) electrons. The molecule has 0 N–H and O–H groups in total. The number of nitrogens with zero attached hydrogens (tertiary/aromatic N) is 2. The van der Waals surface area contributed by atoms with Crippen LogP contribution in [0.4, 0.5) is 0 Å². The summed E-state index contributed by atoms with van der Waals surface area (Å²) in [5.74, 6) is 4.20. The normalized spacial score (nSPS) is 9.08. The van der Waals surface area contributed by atoms with Crippen LogP contribution in [0.5, 0.6) is 0 Å². The molecule has 0 bridgehead atoms. The fraction of sp³-hybridized carbons (Fsp3) is 0.778. The minimum Gasteiger partial charge on any atom is -0.198 e. The highest BCUT2D eigenvalue weighted by molar-refractivity contribution is 8.00. The Labute approximate surface area is 88.7 Å². The van der Waals surface area contributed by atoms with Crippen LogP contribution in [0.3, 0.4) is 0 Å². The molecule has 0 aliphatic carbocycles. The molecule has 0 aromatic carbocycles. The van der Waals surface area contributed by atoms with E-state index >= 15 is 0 Å². The van der Waals surface area contributed by atoms with Gasteiger partial charge in [-0.25, -0.2) is 0 Å². The second-order valence-electron chi connectivity index (χ2n) is 2.39. The van der Waals surface area contributed by atoms with Crippen molar-refractivity contribution >= 4 is 23.5 Å². The van der Waals surface area contributed by atoms with E-state index in [4.69, 9.17) is 10.5 Å². The Kier molecular flexibility index (Phi) is 11.4. The van der Waals surface area contributed by atoms with E-state index in [-0.39, 0.29) is 0 Å². The van der Waals surface area contributed by atoms with Gasteiger partial charge in [-0.15, -0.1) is 0 Å². The van der Waals surface area contributed by atoms with Crippen molar-refractivity contribution < 1.29 is 0 Å². The predicted molar refractivity (Wildman–Crippen MR) is 59.7 cm³/mol. The molecule has 0 aromatic heterocycles. The van der Waals surface area contributed by atoms with E-state index in [1.54, 1.807) is 0 Å². The molecule has 0 aliphatic rings. The van der Waals surface area contributed by atoms with Gasteiger partial charge in [-0.1, -0.05) is 0 Å². The third-order valence-corrected chi connectivity index (χ3v) is 3.43. The van der Waals surface area contributed by atoms with Crippen molar-refractivity contribution in [3.05, 3.63) is 0 Å². The predicted octanol–water partition coefficient (Wildman–Crippen LogP) is 2.67. The molecule has 0 unspecified atom stereocenters.